The summed E-state index contributed by atoms with van der Waals surface area (Å²) in [6.07, 6.45) is 1.08. The Bertz CT molecular complexity index is 347. The van der Waals surface area contributed by atoms with Crippen molar-refractivity contribution < 1.29 is 4.74 Å². The summed E-state index contributed by atoms with van der Waals surface area (Å²) >= 11 is 3.49. The Morgan fingerprint density at radius 3 is 3.00 bits per heavy atom. The van der Waals surface area contributed by atoms with Gasteiger partial charge in [0.25, 0.3) is 0 Å². The Kier molecular flexibility index (Phi) is 3.44. The molecule has 1 heterocycles. The number of benzene rings is 1. The molecular weight excluding hydrogens is 254 g/mol. The fourth-order valence-corrected chi connectivity index (χ4v) is 2.44. The average molecular weight is 270 g/mol. The molecule has 2 rings (SSSR count). The summed E-state index contributed by atoms with van der Waals surface area (Å²) in [5.41, 5.74) is 8.77. The summed E-state index contributed by atoms with van der Waals surface area (Å²) in [4.78, 5) is 0. The van der Waals surface area contributed by atoms with Gasteiger partial charge in [-0.15, -0.1) is 0 Å². The first-order valence-electron chi connectivity index (χ1n) is 5.28. The summed E-state index contributed by atoms with van der Waals surface area (Å²) in [5, 5.41) is 0. The van der Waals surface area contributed by atoms with Crippen LogP contribution in [0.4, 0.5) is 0 Å². The first kappa shape index (κ1) is 11.1. The normalized spacial score (nSPS) is 23.0. The van der Waals surface area contributed by atoms with Gasteiger partial charge in [0.1, 0.15) is 0 Å². The smallest absolute Gasteiger partial charge is 0.0513 e. The molecule has 15 heavy (non-hydrogen) atoms. The Morgan fingerprint density at radius 1 is 1.53 bits per heavy atom. The standard InChI is InChI=1S/C12H16BrNO/c1-8-2-3-10(13)6-11(8)12(14)9-4-5-15-7-9/h2-3,6,9,12H,4-5,7,14H2,1H3. The molecule has 0 aliphatic carbocycles. The molecule has 2 nitrogen and oxygen atoms in total. The molecule has 0 radical (unpaired) electrons. The van der Waals surface area contributed by atoms with Crippen LogP contribution in [0.1, 0.15) is 23.6 Å². The maximum absolute atomic E-state index is 6.27. The molecule has 3 heteroatoms. The molecule has 1 aliphatic rings. The predicted molar refractivity (Wildman–Crippen MR) is 64.7 cm³/mol. The van der Waals surface area contributed by atoms with Crippen molar-refractivity contribution in [3.8, 4) is 0 Å². The van der Waals surface area contributed by atoms with Crippen LogP contribution >= 0.6 is 15.9 Å². The predicted octanol–water partition coefficient (Wildman–Crippen LogP) is 2.79. The van der Waals surface area contributed by atoms with Gasteiger partial charge in [0.15, 0.2) is 0 Å². The number of halogens is 1. The lowest BCUT2D eigenvalue weighted by Gasteiger charge is -2.20. The van der Waals surface area contributed by atoms with Gasteiger partial charge in [-0.25, -0.2) is 0 Å². The van der Waals surface area contributed by atoms with E-state index in [0.717, 1.165) is 24.1 Å². The highest BCUT2D eigenvalue weighted by molar-refractivity contribution is 9.10. The largest absolute Gasteiger partial charge is 0.381 e. The number of nitrogens with two attached hydrogens (primary N) is 1. The lowest BCUT2D eigenvalue weighted by Crippen LogP contribution is -2.22. The molecule has 1 fully saturated rings. The summed E-state index contributed by atoms with van der Waals surface area (Å²) in [6.45, 7) is 3.76. The van der Waals surface area contributed by atoms with Gasteiger partial charge in [0.05, 0.1) is 6.61 Å². The minimum absolute atomic E-state index is 0.102. The van der Waals surface area contributed by atoms with E-state index in [-0.39, 0.29) is 6.04 Å². The second-order valence-electron chi connectivity index (χ2n) is 4.15. The van der Waals surface area contributed by atoms with Crippen LogP contribution in [0, 0.1) is 12.8 Å². The minimum Gasteiger partial charge on any atom is -0.381 e. The van der Waals surface area contributed by atoms with Gasteiger partial charge in [0.2, 0.25) is 0 Å². The van der Waals surface area contributed by atoms with Gasteiger partial charge in [-0.1, -0.05) is 22.0 Å². The molecule has 2 atom stereocenters. The van der Waals surface area contributed by atoms with Gasteiger partial charge in [-0.2, -0.15) is 0 Å². The number of hydrogen-bond donors (Lipinski definition) is 1. The molecule has 1 aromatic rings. The van der Waals surface area contributed by atoms with Crippen LogP contribution in [-0.2, 0) is 4.74 Å². The fourth-order valence-electron chi connectivity index (χ4n) is 2.06. The van der Waals surface area contributed by atoms with E-state index in [1.165, 1.54) is 11.1 Å². The van der Waals surface area contributed by atoms with Crippen molar-refractivity contribution in [1.82, 2.24) is 0 Å². The first-order chi connectivity index (χ1) is 7.18. The molecule has 0 aromatic heterocycles. The third-order valence-corrected chi connectivity index (χ3v) is 3.57. The summed E-state index contributed by atoms with van der Waals surface area (Å²) < 4.78 is 6.47. The van der Waals surface area contributed by atoms with E-state index in [0.29, 0.717) is 5.92 Å². The second-order valence-corrected chi connectivity index (χ2v) is 5.07. The second kappa shape index (κ2) is 4.64. The van der Waals surface area contributed by atoms with Gasteiger partial charge in [0, 0.05) is 23.0 Å². The van der Waals surface area contributed by atoms with Crippen molar-refractivity contribution in [2.75, 3.05) is 13.2 Å². The summed E-state index contributed by atoms with van der Waals surface area (Å²) in [7, 11) is 0. The van der Waals surface area contributed by atoms with Crippen molar-refractivity contribution in [3.05, 3.63) is 33.8 Å². The van der Waals surface area contributed by atoms with E-state index in [9.17, 15) is 0 Å². The third kappa shape index (κ3) is 2.41. The molecule has 82 valence electrons. The number of rotatable bonds is 2. The molecule has 2 unspecified atom stereocenters. The molecule has 1 aromatic carbocycles. The Morgan fingerprint density at radius 2 is 2.33 bits per heavy atom. The zero-order chi connectivity index (χ0) is 10.8. The van der Waals surface area contributed by atoms with Crippen LogP contribution in [0.15, 0.2) is 22.7 Å². The van der Waals surface area contributed by atoms with E-state index in [4.69, 9.17) is 10.5 Å². The highest BCUT2D eigenvalue weighted by Gasteiger charge is 2.24. The van der Waals surface area contributed by atoms with Crippen molar-refractivity contribution in [3.63, 3.8) is 0 Å². The molecular formula is C12H16BrNO. The van der Waals surface area contributed by atoms with Crippen LogP contribution < -0.4 is 5.73 Å². The van der Waals surface area contributed by atoms with E-state index in [1.54, 1.807) is 0 Å². The Hall–Kier alpha value is -0.380. The van der Waals surface area contributed by atoms with Crippen LogP contribution in [0.3, 0.4) is 0 Å². The molecule has 0 bridgehead atoms. The monoisotopic (exact) mass is 269 g/mol. The van der Waals surface area contributed by atoms with E-state index < -0.39 is 0 Å². The molecule has 0 amide bonds. The molecule has 0 spiro atoms. The number of aryl methyl sites for hydroxylation is 1. The van der Waals surface area contributed by atoms with Crippen molar-refractivity contribution in [2.45, 2.75) is 19.4 Å². The Balaban J connectivity index is 2.23. The van der Waals surface area contributed by atoms with Crippen LogP contribution in [0.2, 0.25) is 0 Å². The van der Waals surface area contributed by atoms with E-state index >= 15 is 0 Å². The zero-order valence-corrected chi connectivity index (χ0v) is 10.5. The topological polar surface area (TPSA) is 35.2 Å². The SMILES string of the molecule is Cc1ccc(Br)cc1C(N)C1CCOC1. The zero-order valence-electron chi connectivity index (χ0n) is 8.87. The molecule has 2 N–H and O–H groups in total. The van der Waals surface area contributed by atoms with Crippen LogP contribution in [0.25, 0.3) is 0 Å². The lowest BCUT2D eigenvalue weighted by molar-refractivity contribution is 0.181. The van der Waals surface area contributed by atoms with Crippen molar-refractivity contribution in [1.29, 1.82) is 0 Å². The first-order valence-corrected chi connectivity index (χ1v) is 6.07. The van der Waals surface area contributed by atoms with Crippen molar-refractivity contribution >= 4 is 15.9 Å². The summed E-state index contributed by atoms with van der Waals surface area (Å²) in [5.74, 6) is 0.470. The quantitative estimate of drug-likeness (QED) is 0.896. The average Bonchev–Trinajstić information content (AvgIpc) is 2.74. The van der Waals surface area contributed by atoms with Gasteiger partial charge in [-0.3, -0.25) is 0 Å². The highest BCUT2D eigenvalue weighted by atomic mass is 79.9. The number of ether oxygens (including phenoxy) is 1. The highest BCUT2D eigenvalue weighted by Crippen LogP contribution is 2.30. The third-order valence-electron chi connectivity index (χ3n) is 3.07. The van der Waals surface area contributed by atoms with Crippen LogP contribution in [0.5, 0.6) is 0 Å². The molecule has 0 saturated carbocycles. The van der Waals surface area contributed by atoms with E-state index in [2.05, 4.69) is 41.1 Å². The minimum atomic E-state index is 0.102. The maximum atomic E-state index is 6.27. The van der Waals surface area contributed by atoms with Gasteiger partial charge >= 0.3 is 0 Å². The van der Waals surface area contributed by atoms with Crippen molar-refractivity contribution in [2.24, 2.45) is 11.7 Å². The fraction of sp³-hybridized carbons (Fsp3) is 0.500. The van der Waals surface area contributed by atoms with Gasteiger partial charge in [-0.05, 0) is 36.6 Å². The lowest BCUT2D eigenvalue weighted by atomic mass is 9.91. The Labute approximate surface area is 98.9 Å². The van der Waals surface area contributed by atoms with Crippen LogP contribution in [-0.4, -0.2) is 13.2 Å². The van der Waals surface area contributed by atoms with E-state index in [1.807, 2.05) is 0 Å². The molecule has 1 aliphatic heterocycles. The summed E-state index contributed by atoms with van der Waals surface area (Å²) in [6, 6.07) is 6.38. The number of hydrogen-bond acceptors (Lipinski definition) is 2. The maximum Gasteiger partial charge on any atom is 0.0513 e. The van der Waals surface area contributed by atoms with Gasteiger partial charge < -0.3 is 10.5 Å². The molecule has 1 saturated heterocycles.